The maximum atomic E-state index is 3.84. The lowest BCUT2D eigenvalue weighted by molar-refractivity contribution is -0.956. The molecule has 0 aliphatic heterocycles. The molecule has 0 spiro atoms. The van der Waals surface area contributed by atoms with E-state index in [-0.39, 0.29) is 0 Å². The average Bonchev–Trinajstić information content (AvgIpc) is 2.03. The van der Waals surface area contributed by atoms with Gasteiger partial charge in [-0.1, -0.05) is 13.2 Å². The Morgan fingerprint density at radius 1 is 0.923 bits per heavy atom. The Labute approximate surface area is 83.3 Å². The molecule has 0 fully saturated rings. The number of hydrogen-bond donors (Lipinski definition) is 0. The fourth-order valence-electron chi connectivity index (χ4n) is 1.99. The first-order valence-electron chi connectivity index (χ1n) is 5.09. The smallest absolute Gasteiger partial charge is 0.0977 e. The number of hydrogen-bond acceptors (Lipinski definition) is 0. The summed E-state index contributed by atoms with van der Waals surface area (Å²) in [7, 11) is 0. The Morgan fingerprint density at radius 2 is 1.23 bits per heavy atom. The topological polar surface area (TPSA) is 0 Å². The molecule has 0 saturated carbocycles. The first-order chi connectivity index (χ1) is 6.01. The van der Waals surface area contributed by atoms with E-state index in [4.69, 9.17) is 0 Å². The summed E-state index contributed by atoms with van der Waals surface area (Å²) in [6.07, 6.45) is 4.03. The van der Waals surface area contributed by atoms with Crippen molar-refractivity contribution < 1.29 is 4.48 Å². The SMILES string of the molecule is C=CC[N+](CC=C)(C(C)C)C(C)C. The molecular weight excluding hydrogens is 158 g/mol. The monoisotopic (exact) mass is 182 g/mol. The number of rotatable bonds is 6. The summed E-state index contributed by atoms with van der Waals surface area (Å²) < 4.78 is 1.06. The van der Waals surface area contributed by atoms with Crippen LogP contribution in [0.3, 0.4) is 0 Å². The van der Waals surface area contributed by atoms with E-state index < -0.39 is 0 Å². The van der Waals surface area contributed by atoms with Gasteiger partial charge < -0.3 is 4.48 Å². The van der Waals surface area contributed by atoms with Gasteiger partial charge in [0.1, 0.15) is 0 Å². The van der Waals surface area contributed by atoms with Crippen LogP contribution in [0, 0.1) is 0 Å². The minimum atomic E-state index is 0.621. The van der Waals surface area contributed by atoms with Crippen LogP contribution >= 0.6 is 0 Å². The van der Waals surface area contributed by atoms with Crippen LogP contribution in [0.2, 0.25) is 0 Å². The summed E-state index contributed by atoms with van der Waals surface area (Å²) in [5.74, 6) is 0. The Morgan fingerprint density at radius 3 is 1.38 bits per heavy atom. The largest absolute Gasteiger partial charge is 0.313 e. The normalized spacial score (nSPS) is 12.2. The molecule has 0 aromatic carbocycles. The van der Waals surface area contributed by atoms with Crippen LogP contribution in [0.25, 0.3) is 0 Å². The fourth-order valence-corrected chi connectivity index (χ4v) is 1.99. The highest BCUT2D eigenvalue weighted by Gasteiger charge is 2.31. The highest BCUT2D eigenvalue weighted by molar-refractivity contribution is 4.74. The second-order valence-corrected chi connectivity index (χ2v) is 4.23. The van der Waals surface area contributed by atoms with Crippen molar-refractivity contribution in [2.45, 2.75) is 39.8 Å². The molecule has 0 N–H and O–H groups in total. The van der Waals surface area contributed by atoms with Crippen molar-refractivity contribution in [1.82, 2.24) is 0 Å². The third-order valence-corrected chi connectivity index (χ3v) is 2.99. The molecule has 0 atom stereocenters. The summed E-state index contributed by atoms with van der Waals surface area (Å²) in [5, 5.41) is 0. The van der Waals surface area contributed by atoms with Gasteiger partial charge in [-0.15, -0.1) is 0 Å². The molecule has 76 valence electrons. The van der Waals surface area contributed by atoms with Crippen molar-refractivity contribution in [2.75, 3.05) is 13.1 Å². The van der Waals surface area contributed by atoms with Gasteiger partial charge in [0.2, 0.25) is 0 Å². The van der Waals surface area contributed by atoms with Crippen molar-refractivity contribution >= 4 is 0 Å². The molecule has 0 aromatic heterocycles. The first kappa shape index (κ1) is 12.4. The summed E-state index contributed by atoms with van der Waals surface area (Å²) >= 11 is 0. The second-order valence-electron chi connectivity index (χ2n) is 4.23. The molecule has 0 bridgehead atoms. The molecule has 0 amide bonds. The summed E-state index contributed by atoms with van der Waals surface area (Å²) in [4.78, 5) is 0. The minimum Gasteiger partial charge on any atom is -0.313 e. The van der Waals surface area contributed by atoms with Crippen LogP contribution in [0.5, 0.6) is 0 Å². The van der Waals surface area contributed by atoms with Crippen molar-refractivity contribution in [3.05, 3.63) is 25.3 Å². The van der Waals surface area contributed by atoms with Crippen LogP contribution < -0.4 is 0 Å². The lowest BCUT2D eigenvalue weighted by atomic mass is 10.1. The predicted molar refractivity (Wildman–Crippen MR) is 60.7 cm³/mol. The van der Waals surface area contributed by atoms with E-state index in [1.807, 2.05) is 12.2 Å². The fraction of sp³-hybridized carbons (Fsp3) is 0.667. The lowest BCUT2D eigenvalue weighted by Crippen LogP contribution is -2.57. The van der Waals surface area contributed by atoms with Crippen molar-refractivity contribution in [3.63, 3.8) is 0 Å². The zero-order valence-corrected chi connectivity index (χ0v) is 9.59. The third kappa shape index (κ3) is 2.70. The number of quaternary nitrogens is 1. The number of nitrogens with zero attached hydrogens (tertiary/aromatic N) is 1. The Kier molecular flexibility index (Phi) is 5.01. The van der Waals surface area contributed by atoms with Crippen LogP contribution in [0.4, 0.5) is 0 Å². The molecule has 0 aliphatic rings. The van der Waals surface area contributed by atoms with E-state index >= 15 is 0 Å². The van der Waals surface area contributed by atoms with E-state index in [2.05, 4.69) is 40.9 Å². The standard InChI is InChI=1S/C12H24N/c1-7-9-13(10-8-2,11(3)4)12(5)6/h7-8,11-12H,1-2,9-10H2,3-6H3/q+1. The maximum Gasteiger partial charge on any atom is 0.0977 e. The second kappa shape index (κ2) is 5.23. The van der Waals surface area contributed by atoms with Gasteiger partial charge in [0.25, 0.3) is 0 Å². The Bertz CT molecular complexity index is 148. The molecule has 13 heavy (non-hydrogen) atoms. The van der Waals surface area contributed by atoms with Gasteiger partial charge in [-0.2, -0.15) is 0 Å². The summed E-state index contributed by atoms with van der Waals surface area (Å²) in [6, 6.07) is 1.24. The van der Waals surface area contributed by atoms with Gasteiger partial charge in [0.05, 0.1) is 25.2 Å². The Balaban J connectivity index is 4.78. The summed E-state index contributed by atoms with van der Waals surface area (Å²) in [6.45, 7) is 18.8. The first-order valence-corrected chi connectivity index (χ1v) is 5.09. The quantitative estimate of drug-likeness (QED) is 0.437. The van der Waals surface area contributed by atoms with Crippen LogP contribution in [-0.2, 0) is 0 Å². The van der Waals surface area contributed by atoms with Gasteiger partial charge in [-0.05, 0) is 39.8 Å². The van der Waals surface area contributed by atoms with Gasteiger partial charge in [-0.3, -0.25) is 0 Å². The average molecular weight is 182 g/mol. The predicted octanol–water partition coefficient (Wildman–Crippen LogP) is 2.99. The Hall–Kier alpha value is -0.560. The highest BCUT2D eigenvalue weighted by Crippen LogP contribution is 2.19. The van der Waals surface area contributed by atoms with Gasteiger partial charge in [0, 0.05) is 0 Å². The van der Waals surface area contributed by atoms with E-state index in [0.717, 1.165) is 17.6 Å². The molecule has 1 heteroatoms. The highest BCUT2D eigenvalue weighted by atomic mass is 15.4. The van der Waals surface area contributed by atoms with Crippen LogP contribution in [0.1, 0.15) is 27.7 Å². The molecular formula is C12H24N+. The van der Waals surface area contributed by atoms with E-state index in [1.165, 1.54) is 0 Å². The zero-order valence-electron chi connectivity index (χ0n) is 9.59. The summed E-state index contributed by atoms with van der Waals surface area (Å²) in [5.41, 5.74) is 0. The molecule has 0 radical (unpaired) electrons. The molecule has 0 unspecified atom stereocenters. The minimum absolute atomic E-state index is 0.621. The molecule has 0 rings (SSSR count). The van der Waals surface area contributed by atoms with E-state index in [9.17, 15) is 0 Å². The maximum absolute atomic E-state index is 3.84. The van der Waals surface area contributed by atoms with Crippen molar-refractivity contribution in [2.24, 2.45) is 0 Å². The van der Waals surface area contributed by atoms with Gasteiger partial charge >= 0.3 is 0 Å². The molecule has 0 aliphatic carbocycles. The van der Waals surface area contributed by atoms with E-state index in [0.29, 0.717) is 12.1 Å². The molecule has 0 heterocycles. The third-order valence-electron chi connectivity index (χ3n) is 2.99. The zero-order chi connectivity index (χ0) is 10.5. The molecule has 0 aromatic rings. The lowest BCUT2D eigenvalue weighted by Gasteiger charge is -2.44. The molecule has 1 nitrogen and oxygen atoms in total. The molecule has 0 saturated heterocycles. The van der Waals surface area contributed by atoms with Crippen molar-refractivity contribution in [1.29, 1.82) is 0 Å². The van der Waals surface area contributed by atoms with Crippen molar-refractivity contribution in [3.8, 4) is 0 Å². The van der Waals surface area contributed by atoms with Crippen LogP contribution in [0.15, 0.2) is 25.3 Å². The van der Waals surface area contributed by atoms with E-state index in [1.54, 1.807) is 0 Å². The van der Waals surface area contributed by atoms with Crippen LogP contribution in [-0.4, -0.2) is 29.7 Å². The van der Waals surface area contributed by atoms with Gasteiger partial charge in [-0.25, -0.2) is 0 Å². The van der Waals surface area contributed by atoms with Gasteiger partial charge in [0.15, 0.2) is 0 Å².